The largest absolute Gasteiger partial charge is 0.339 e. The van der Waals surface area contributed by atoms with Crippen LogP contribution >= 0.6 is 0 Å². The van der Waals surface area contributed by atoms with E-state index < -0.39 is 0 Å². The Balaban J connectivity index is 1.81. The average Bonchev–Trinajstić information content (AvgIpc) is 2.75. The van der Waals surface area contributed by atoms with Gasteiger partial charge in [-0.1, -0.05) is 11.6 Å². The van der Waals surface area contributed by atoms with Gasteiger partial charge in [0.2, 0.25) is 5.89 Å². The summed E-state index contributed by atoms with van der Waals surface area (Å²) in [5.41, 5.74) is 5.99. The molecule has 0 bridgehead atoms. The summed E-state index contributed by atoms with van der Waals surface area (Å²) in [6.45, 7) is 0. The van der Waals surface area contributed by atoms with Gasteiger partial charge in [0.05, 0.1) is 0 Å². The van der Waals surface area contributed by atoms with E-state index in [4.69, 9.17) is 10.3 Å². The fourth-order valence-electron chi connectivity index (χ4n) is 2.20. The van der Waals surface area contributed by atoms with Gasteiger partial charge in [-0.2, -0.15) is 4.98 Å². The van der Waals surface area contributed by atoms with Gasteiger partial charge in [-0.3, -0.25) is 0 Å². The number of hydrogen-bond acceptors (Lipinski definition) is 4. The van der Waals surface area contributed by atoms with E-state index in [-0.39, 0.29) is 6.04 Å². The van der Waals surface area contributed by atoms with Gasteiger partial charge in [-0.25, -0.2) is 0 Å². The Morgan fingerprint density at radius 2 is 2.07 bits per heavy atom. The second-order valence-corrected chi connectivity index (χ2v) is 4.47. The summed E-state index contributed by atoms with van der Waals surface area (Å²) < 4.78 is 5.23. The van der Waals surface area contributed by atoms with E-state index in [9.17, 15) is 0 Å². The van der Waals surface area contributed by atoms with E-state index in [1.807, 2.05) is 0 Å². The minimum atomic E-state index is 0.236. The molecule has 3 rings (SSSR count). The van der Waals surface area contributed by atoms with E-state index in [2.05, 4.69) is 10.1 Å². The van der Waals surface area contributed by atoms with Crippen LogP contribution in [0.25, 0.3) is 0 Å². The molecule has 0 aliphatic heterocycles. The van der Waals surface area contributed by atoms with E-state index >= 15 is 0 Å². The minimum absolute atomic E-state index is 0.236. The first-order chi connectivity index (χ1) is 6.84. The first kappa shape index (κ1) is 8.41. The molecule has 0 amide bonds. The van der Waals surface area contributed by atoms with Crippen LogP contribution in [-0.4, -0.2) is 16.2 Å². The molecule has 0 radical (unpaired) electrons. The highest BCUT2D eigenvalue weighted by Crippen LogP contribution is 2.40. The molecule has 1 aromatic rings. The van der Waals surface area contributed by atoms with Crippen LogP contribution in [0, 0.1) is 0 Å². The second kappa shape index (κ2) is 3.05. The molecule has 1 aromatic heterocycles. The summed E-state index contributed by atoms with van der Waals surface area (Å²) in [7, 11) is 0. The molecule has 2 N–H and O–H groups in total. The SMILES string of the molecule is N[C@@H]1CCC[C@@H]1c1noc(C2CC2)n1. The van der Waals surface area contributed by atoms with Crippen molar-refractivity contribution in [1.82, 2.24) is 10.1 Å². The molecule has 0 saturated heterocycles. The van der Waals surface area contributed by atoms with Gasteiger partial charge in [-0.15, -0.1) is 0 Å². The number of hydrogen-bond donors (Lipinski definition) is 1. The van der Waals surface area contributed by atoms with Gasteiger partial charge in [0.1, 0.15) is 0 Å². The van der Waals surface area contributed by atoms with Crippen molar-refractivity contribution >= 4 is 0 Å². The van der Waals surface area contributed by atoms with Crippen molar-refractivity contribution in [2.45, 2.75) is 50.0 Å². The third-order valence-electron chi connectivity index (χ3n) is 3.29. The fraction of sp³-hybridized carbons (Fsp3) is 0.800. The Bertz CT molecular complexity index is 332. The Kier molecular flexibility index (Phi) is 1.83. The number of nitrogens with zero attached hydrogens (tertiary/aromatic N) is 2. The van der Waals surface area contributed by atoms with Crippen LogP contribution in [0.2, 0.25) is 0 Å². The maximum absolute atomic E-state index is 5.99. The first-order valence-electron chi connectivity index (χ1n) is 5.43. The smallest absolute Gasteiger partial charge is 0.229 e. The van der Waals surface area contributed by atoms with Crippen LogP contribution in [0.1, 0.15) is 55.7 Å². The van der Waals surface area contributed by atoms with Crippen molar-refractivity contribution in [2.24, 2.45) is 5.73 Å². The van der Waals surface area contributed by atoms with Crippen LogP contribution in [0.15, 0.2) is 4.52 Å². The van der Waals surface area contributed by atoms with Gasteiger partial charge < -0.3 is 10.3 Å². The maximum Gasteiger partial charge on any atom is 0.229 e. The van der Waals surface area contributed by atoms with Gasteiger partial charge in [0.15, 0.2) is 5.82 Å². The van der Waals surface area contributed by atoms with Crippen LogP contribution in [-0.2, 0) is 0 Å². The predicted molar refractivity (Wildman–Crippen MR) is 50.8 cm³/mol. The van der Waals surface area contributed by atoms with Gasteiger partial charge in [0, 0.05) is 17.9 Å². The third kappa shape index (κ3) is 1.34. The van der Waals surface area contributed by atoms with Crippen LogP contribution < -0.4 is 5.73 Å². The second-order valence-electron chi connectivity index (χ2n) is 4.47. The topological polar surface area (TPSA) is 64.9 Å². The zero-order valence-corrected chi connectivity index (χ0v) is 8.15. The molecule has 0 spiro atoms. The summed E-state index contributed by atoms with van der Waals surface area (Å²) in [6.07, 6.45) is 5.82. The van der Waals surface area contributed by atoms with Gasteiger partial charge in [-0.05, 0) is 25.7 Å². The van der Waals surface area contributed by atoms with Crippen molar-refractivity contribution in [2.75, 3.05) is 0 Å². The van der Waals surface area contributed by atoms with Crippen LogP contribution in [0.3, 0.4) is 0 Å². The Labute approximate surface area is 82.9 Å². The predicted octanol–water partition coefficient (Wildman–Crippen LogP) is 1.54. The molecule has 0 unspecified atom stereocenters. The normalized spacial score (nSPS) is 32.4. The zero-order valence-electron chi connectivity index (χ0n) is 8.15. The van der Waals surface area contributed by atoms with Crippen molar-refractivity contribution in [3.05, 3.63) is 11.7 Å². The molecular formula is C10H15N3O. The molecule has 2 saturated carbocycles. The first-order valence-corrected chi connectivity index (χ1v) is 5.43. The van der Waals surface area contributed by atoms with E-state index in [0.29, 0.717) is 11.8 Å². The van der Waals surface area contributed by atoms with E-state index in [0.717, 1.165) is 24.6 Å². The van der Waals surface area contributed by atoms with Crippen LogP contribution in [0.5, 0.6) is 0 Å². The highest BCUT2D eigenvalue weighted by Gasteiger charge is 2.33. The lowest BCUT2D eigenvalue weighted by Crippen LogP contribution is -2.23. The van der Waals surface area contributed by atoms with E-state index in [1.54, 1.807) is 0 Å². The number of nitrogens with two attached hydrogens (primary N) is 1. The molecule has 4 nitrogen and oxygen atoms in total. The minimum Gasteiger partial charge on any atom is -0.339 e. The Morgan fingerprint density at radius 3 is 2.71 bits per heavy atom. The summed E-state index contributed by atoms with van der Waals surface area (Å²) in [6, 6.07) is 0.236. The quantitative estimate of drug-likeness (QED) is 0.773. The Hall–Kier alpha value is -0.900. The standard InChI is InChI=1S/C10H15N3O/c11-8-3-1-2-7(8)9-12-10(14-13-9)6-4-5-6/h6-8H,1-5,11H2/t7-,8+/m0/s1. The lowest BCUT2D eigenvalue weighted by molar-refractivity contribution is 0.369. The summed E-state index contributed by atoms with van der Waals surface area (Å²) >= 11 is 0. The lowest BCUT2D eigenvalue weighted by Gasteiger charge is -2.09. The molecule has 2 atom stereocenters. The maximum atomic E-state index is 5.99. The monoisotopic (exact) mass is 193 g/mol. The highest BCUT2D eigenvalue weighted by molar-refractivity contribution is 5.07. The highest BCUT2D eigenvalue weighted by atomic mass is 16.5. The fourth-order valence-corrected chi connectivity index (χ4v) is 2.20. The van der Waals surface area contributed by atoms with Gasteiger partial charge in [0.25, 0.3) is 0 Å². The summed E-state index contributed by atoms with van der Waals surface area (Å²) in [4.78, 5) is 4.45. The zero-order chi connectivity index (χ0) is 9.54. The molecule has 2 fully saturated rings. The molecule has 76 valence electrons. The summed E-state index contributed by atoms with van der Waals surface area (Å²) in [5, 5.41) is 4.04. The molecular weight excluding hydrogens is 178 g/mol. The molecule has 14 heavy (non-hydrogen) atoms. The average molecular weight is 193 g/mol. The number of rotatable bonds is 2. The molecule has 2 aliphatic carbocycles. The van der Waals surface area contributed by atoms with Crippen molar-refractivity contribution in [3.63, 3.8) is 0 Å². The summed E-state index contributed by atoms with van der Waals surface area (Å²) in [5.74, 6) is 2.57. The van der Waals surface area contributed by atoms with Crippen molar-refractivity contribution in [3.8, 4) is 0 Å². The molecule has 2 aliphatic rings. The number of aromatic nitrogens is 2. The third-order valence-corrected chi connectivity index (χ3v) is 3.29. The van der Waals surface area contributed by atoms with E-state index in [1.165, 1.54) is 19.3 Å². The van der Waals surface area contributed by atoms with Crippen LogP contribution in [0.4, 0.5) is 0 Å². The van der Waals surface area contributed by atoms with Crippen molar-refractivity contribution in [1.29, 1.82) is 0 Å². The van der Waals surface area contributed by atoms with Crippen molar-refractivity contribution < 1.29 is 4.52 Å². The van der Waals surface area contributed by atoms with Gasteiger partial charge >= 0.3 is 0 Å². The molecule has 4 heteroatoms. The molecule has 1 heterocycles. The Morgan fingerprint density at radius 1 is 1.21 bits per heavy atom. The molecule has 0 aromatic carbocycles. The lowest BCUT2D eigenvalue weighted by atomic mass is 10.0.